The number of halogens is 2. The number of hydrogen-bond acceptors (Lipinski definition) is 6. The minimum Gasteiger partial charge on any atom is -0.329 e. The van der Waals surface area contributed by atoms with E-state index in [1.165, 1.54) is 5.82 Å². The zero-order valence-corrected chi connectivity index (χ0v) is 19.8. The average Bonchev–Trinajstić information content (AvgIpc) is 3.10. The maximum absolute atomic E-state index is 12.8. The highest BCUT2D eigenvalue weighted by Crippen LogP contribution is 2.26. The van der Waals surface area contributed by atoms with Crippen LogP contribution >= 0.6 is 24.8 Å². The zero-order chi connectivity index (χ0) is 20.4. The van der Waals surface area contributed by atoms with E-state index in [9.17, 15) is 13.2 Å². The third-order valence-electron chi connectivity index (χ3n) is 5.48. The highest BCUT2D eigenvalue weighted by atomic mass is 35.5. The van der Waals surface area contributed by atoms with Gasteiger partial charge in [0.05, 0.1) is 12.9 Å². The van der Waals surface area contributed by atoms with Crippen molar-refractivity contribution >= 4 is 46.3 Å². The number of hydrogen-bond donors (Lipinski definition) is 1. The molecule has 0 atom stereocenters. The molecule has 0 radical (unpaired) electrons. The second-order valence-corrected chi connectivity index (χ2v) is 9.47. The first-order chi connectivity index (χ1) is 13.9. The molecule has 0 saturated carbocycles. The van der Waals surface area contributed by atoms with Crippen molar-refractivity contribution in [3.63, 3.8) is 0 Å². The fraction of sp³-hybridized carbons (Fsp3) is 0.381. The van der Waals surface area contributed by atoms with Gasteiger partial charge in [0.1, 0.15) is 5.82 Å². The monoisotopic (exact) mass is 486 g/mol. The Labute approximate surface area is 196 Å². The number of piperidine rings is 1. The van der Waals surface area contributed by atoms with Crippen LogP contribution < -0.4 is 4.72 Å². The number of fused-ring (bicyclic) bond motifs is 1. The molecule has 0 amide bonds. The highest BCUT2D eigenvalue weighted by Gasteiger charge is 2.28. The van der Waals surface area contributed by atoms with Crippen LogP contribution in [0, 0.1) is 5.92 Å². The fourth-order valence-electron chi connectivity index (χ4n) is 3.98. The van der Waals surface area contributed by atoms with Gasteiger partial charge in [-0.2, -0.15) is 0 Å². The number of anilines is 1. The van der Waals surface area contributed by atoms with E-state index in [0.717, 1.165) is 45.4 Å². The van der Waals surface area contributed by atoms with Gasteiger partial charge in [0.2, 0.25) is 10.0 Å². The number of sulfonamides is 1. The molecule has 3 aliphatic rings. The number of rotatable bonds is 6. The molecule has 0 spiro atoms. The van der Waals surface area contributed by atoms with Crippen molar-refractivity contribution in [3.8, 4) is 0 Å². The van der Waals surface area contributed by atoms with Crippen LogP contribution in [0.5, 0.6) is 0 Å². The summed E-state index contributed by atoms with van der Waals surface area (Å²) < 4.78 is 25.0. The van der Waals surface area contributed by atoms with Crippen LogP contribution in [0.15, 0.2) is 60.7 Å². The normalized spacial score (nSPS) is 18.7. The van der Waals surface area contributed by atoms with E-state index in [4.69, 9.17) is 0 Å². The number of carbonyl (C=O) groups is 1. The predicted octanol–water partition coefficient (Wildman–Crippen LogP) is 3.25. The van der Waals surface area contributed by atoms with Gasteiger partial charge in [-0.15, -0.1) is 24.8 Å². The average molecular weight is 487 g/mol. The second-order valence-electron chi connectivity index (χ2n) is 7.72. The van der Waals surface area contributed by atoms with Crippen LogP contribution in [0.1, 0.15) is 23.2 Å². The van der Waals surface area contributed by atoms with E-state index >= 15 is 0 Å². The summed E-state index contributed by atoms with van der Waals surface area (Å²) in [6.45, 7) is 3.52. The van der Waals surface area contributed by atoms with Crippen molar-refractivity contribution in [1.29, 1.82) is 0 Å². The molecule has 3 heterocycles. The molecule has 1 aromatic carbocycles. The molecule has 0 unspecified atom stereocenters. The number of likely N-dealkylation sites (tertiary alicyclic amines) is 1. The van der Waals surface area contributed by atoms with Gasteiger partial charge >= 0.3 is 0 Å². The number of Topliss-reactive ketones (excluding diaryl/α,β-unsaturated/α-hetero) is 1. The fourth-order valence-corrected chi connectivity index (χ4v) is 4.54. The predicted molar refractivity (Wildman–Crippen MR) is 128 cm³/mol. The lowest BCUT2D eigenvalue weighted by Gasteiger charge is -2.35. The molecule has 0 aromatic heterocycles. The molecule has 4 rings (SSSR count). The van der Waals surface area contributed by atoms with Crippen LogP contribution in [0.25, 0.3) is 0 Å². The number of nitrogens with zero attached hydrogens (tertiary/aromatic N) is 3. The molecule has 31 heavy (non-hydrogen) atoms. The Bertz CT molecular complexity index is 969. The molecule has 0 bridgehead atoms. The van der Waals surface area contributed by atoms with Crippen LogP contribution in [0.3, 0.4) is 0 Å². The summed E-state index contributed by atoms with van der Waals surface area (Å²) >= 11 is 0. The van der Waals surface area contributed by atoms with Crippen molar-refractivity contribution < 1.29 is 13.2 Å². The Hall–Kier alpha value is -2.00. The van der Waals surface area contributed by atoms with E-state index in [0.29, 0.717) is 11.3 Å². The molecule has 7 nitrogen and oxygen atoms in total. The van der Waals surface area contributed by atoms with Crippen LogP contribution in [-0.4, -0.2) is 61.5 Å². The van der Waals surface area contributed by atoms with E-state index < -0.39 is 10.0 Å². The van der Waals surface area contributed by atoms with E-state index in [2.05, 4.69) is 50.0 Å². The lowest BCUT2D eigenvalue weighted by atomic mass is 9.89. The van der Waals surface area contributed by atoms with E-state index in [-0.39, 0.29) is 36.5 Å². The smallest absolute Gasteiger partial charge is 0.229 e. The van der Waals surface area contributed by atoms with Gasteiger partial charge in [-0.1, -0.05) is 12.2 Å². The topological polar surface area (TPSA) is 73.0 Å². The van der Waals surface area contributed by atoms with Crippen molar-refractivity contribution in [2.75, 3.05) is 37.3 Å². The lowest BCUT2D eigenvalue weighted by molar-refractivity contribution is 0.0799. The second kappa shape index (κ2) is 10.5. The summed E-state index contributed by atoms with van der Waals surface area (Å²) in [5, 5.41) is 0. The summed E-state index contributed by atoms with van der Waals surface area (Å²) in [7, 11) is -3.31. The largest absolute Gasteiger partial charge is 0.329 e. The third-order valence-corrected chi connectivity index (χ3v) is 6.09. The minimum absolute atomic E-state index is 0. The van der Waals surface area contributed by atoms with Crippen LogP contribution in [-0.2, 0) is 10.0 Å². The van der Waals surface area contributed by atoms with Crippen LogP contribution in [0.4, 0.5) is 5.69 Å². The quantitative estimate of drug-likeness (QED) is 0.622. The van der Waals surface area contributed by atoms with Gasteiger partial charge in [-0.05, 0) is 43.2 Å². The molecule has 1 aromatic rings. The molecule has 3 aliphatic heterocycles. The first-order valence-electron chi connectivity index (χ1n) is 9.82. The van der Waals surface area contributed by atoms with Gasteiger partial charge in [-0.3, -0.25) is 14.4 Å². The minimum atomic E-state index is -3.31. The van der Waals surface area contributed by atoms with Crippen molar-refractivity contribution in [2.24, 2.45) is 5.92 Å². The summed E-state index contributed by atoms with van der Waals surface area (Å²) in [6.07, 6.45) is 13.4. The number of allylic oxidation sites excluding steroid dienone is 2. The molecule has 10 heteroatoms. The molecule has 1 N–H and O–H groups in total. The molecule has 0 aliphatic carbocycles. The van der Waals surface area contributed by atoms with E-state index in [1.807, 2.05) is 0 Å². The standard InChI is InChI=1S/C21H26N4O3S.2ClH/c1-29(27,28)22-19-7-5-17(6-8-19)21(26)18-9-12-23(13-10-18)16-25-15-14-24-11-3-2-4-20(24)25;;/h2-8,14-15,18,22H,9-13,16H2,1H3;2*1H. The molecular formula is C21H28Cl2N4O3S. The Balaban J connectivity index is 0.00000171. The molecular weight excluding hydrogens is 459 g/mol. The summed E-state index contributed by atoms with van der Waals surface area (Å²) in [5.41, 5.74) is 1.11. The van der Waals surface area contributed by atoms with Gasteiger partial charge in [0.25, 0.3) is 0 Å². The maximum Gasteiger partial charge on any atom is 0.229 e. The molecule has 1 fully saturated rings. The Morgan fingerprint density at radius 3 is 2.42 bits per heavy atom. The van der Waals surface area contributed by atoms with Crippen LogP contribution in [0.2, 0.25) is 0 Å². The Morgan fingerprint density at radius 2 is 1.77 bits per heavy atom. The van der Waals surface area contributed by atoms with E-state index in [1.54, 1.807) is 24.3 Å². The Kier molecular flexibility index (Phi) is 8.59. The molecule has 170 valence electrons. The highest BCUT2D eigenvalue weighted by molar-refractivity contribution is 7.92. The zero-order valence-electron chi connectivity index (χ0n) is 17.3. The first-order valence-corrected chi connectivity index (χ1v) is 11.7. The lowest BCUT2D eigenvalue weighted by Crippen LogP contribution is -2.42. The number of ketones is 1. The van der Waals surface area contributed by atoms with Gasteiger partial charge in [-0.25, -0.2) is 8.42 Å². The summed E-state index contributed by atoms with van der Waals surface area (Å²) in [5.74, 6) is 1.36. The third kappa shape index (κ3) is 6.26. The molecule has 1 saturated heterocycles. The van der Waals surface area contributed by atoms with Gasteiger partial charge < -0.3 is 9.80 Å². The van der Waals surface area contributed by atoms with Crippen molar-refractivity contribution in [3.05, 3.63) is 66.3 Å². The summed E-state index contributed by atoms with van der Waals surface area (Å²) in [4.78, 5) is 19.7. The number of carbonyl (C=O) groups excluding carboxylic acids is 1. The first kappa shape index (κ1) is 25.3. The maximum atomic E-state index is 12.8. The Morgan fingerprint density at radius 1 is 1.10 bits per heavy atom. The number of benzene rings is 1. The summed E-state index contributed by atoms with van der Waals surface area (Å²) in [6, 6.07) is 6.69. The van der Waals surface area contributed by atoms with Crippen molar-refractivity contribution in [1.82, 2.24) is 14.7 Å². The van der Waals surface area contributed by atoms with Crippen molar-refractivity contribution in [2.45, 2.75) is 12.8 Å². The van der Waals surface area contributed by atoms with Gasteiger partial charge in [0, 0.05) is 49.2 Å². The number of nitrogens with one attached hydrogen (secondary N) is 1. The van der Waals surface area contributed by atoms with Gasteiger partial charge in [0.15, 0.2) is 5.78 Å². The SMILES string of the molecule is CS(=O)(=O)Nc1ccc(C(=O)C2CCN(CN3C=CN4CC=CC=C43)CC2)cc1.Cl.Cl.